The van der Waals surface area contributed by atoms with Crippen LogP contribution in [-0.4, -0.2) is 61.8 Å². The van der Waals surface area contributed by atoms with Crippen molar-refractivity contribution in [2.24, 2.45) is 10.4 Å². The first kappa shape index (κ1) is 21.5. The first-order valence-electron chi connectivity index (χ1n) is 11.0. The highest BCUT2D eigenvalue weighted by molar-refractivity contribution is 7.09. The van der Waals surface area contributed by atoms with Gasteiger partial charge in [-0.1, -0.05) is 26.2 Å². The third kappa shape index (κ3) is 6.42. The molecule has 0 atom stereocenters. The van der Waals surface area contributed by atoms with Crippen molar-refractivity contribution in [3.05, 3.63) is 16.1 Å². The fraction of sp³-hybridized carbons (Fsp3) is 0.810. The largest absolute Gasteiger partial charge is 0.379 e. The molecule has 3 rings (SSSR count). The number of aryl methyl sites for hydroxylation is 1. The van der Waals surface area contributed by atoms with Crippen LogP contribution in [0.3, 0.4) is 0 Å². The topological polar surface area (TPSA) is 61.8 Å². The number of nitrogens with zero attached hydrogens (tertiary/aromatic N) is 3. The van der Waals surface area contributed by atoms with Crippen LogP contribution in [-0.2, 0) is 17.7 Å². The molecular formula is C21H37N5OS. The van der Waals surface area contributed by atoms with Crippen LogP contribution in [0.15, 0.2) is 10.4 Å². The summed E-state index contributed by atoms with van der Waals surface area (Å²) in [4.78, 5) is 12.0. The Hall–Kier alpha value is -1.18. The minimum Gasteiger partial charge on any atom is -0.379 e. The van der Waals surface area contributed by atoms with Gasteiger partial charge in [-0.05, 0) is 26.2 Å². The summed E-state index contributed by atoms with van der Waals surface area (Å²) in [5, 5.41) is 10.4. The highest BCUT2D eigenvalue weighted by atomic mass is 32.1. The zero-order valence-corrected chi connectivity index (χ0v) is 18.5. The average molecular weight is 408 g/mol. The van der Waals surface area contributed by atoms with Gasteiger partial charge in [0.1, 0.15) is 0 Å². The fourth-order valence-corrected chi connectivity index (χ4v) is 5.02. The molecule has 0 amide bonds. The van der Waals surface area contributed by atoms with Crippen LogP contribution >= 0.6 is 11.3 Å². The van der Waals surface area contributed by atoms with Gasteiger partial charge in [-0.2, -0.15) is 0 Å². The van der Waals surface area contributed by atoms with Gasteiger partial charge in [0.25, 0.3) is 0 Å². The summed E-state index contributed by atoms with van der Waals surface area (Å²) >= 11 is 1.73. The van der Waals surface area contributed by atoms with E-state index in [9.17, 15) is 0 Å². The maximum atomic E-state index is 5.54. The molecule has 0 aromatic carbocycles. The molecule has 28 heavy (non-hydrogen) atoms. The second kappa shape index (κ2) is 11.1. The number of rotatable bonds is 8. The Balaban J connectivity index is 1.60. The quantitative estimate of drug-likeness (QED) is 0.512. The van der Waals surface area contributed by atoms with Crippen molar-refractivity contribution >= 4 is 17.3 Å². The SMILES string of the molecule is CCNC(=NCc1csc(CC)n1)NCC1(CN2CCOCC2)CCCCC1. The highest BCUT2D eigenvalue weighted by Gasteiger charge is 2.34. The Labute approximate surface area is 174 Å². The van der Waals surface area contributed by atoms with Crippen LogP contribution in [0.4, 0.5) is 0 Å². The number of aromatic nitrogens is 1. The number of morpholine rings is 1. The predicted octanol–water partition coefficient (Wildman–Crippen LogP) is 3.04. The second-order valence-corrected chi connectivity index (χ2v) is 9.03. The van der Waals surface area contributed by atoms with Gasteiger partial charge >= 0.3 is 0 Å². The number of thiazole rings is 1. The lowest BCUT2D eigenvalue weighted by molar-refractivity contribution is 0.00820. The van der Waals surface area contributed by atoms with Crippen LogP contribution in [0.1, 0.15) is 56.7 Å². The third-order valence-electron chi connectivity index (χ3n) is 5.85. The Morgan fingerprint density at radius 3 is 2.68 bits per heavy atom. The predicted molar refractivity (Wildman–Crippen MR) is 117 cm³/mol. The Bertz CT molecular complexity index is 606. The number of nitrogens with one attached hydrogen (secondary N) is 2. The highest BCUT2D eigenvalue weighted by Crippen LogP contribution is 2.36. The van der Waals surface area contributed by atoms with Gasteiger partial charge in [0.2, 0.25) is 0 Å². The van der Waals surface area contributed by atoms with E-state index in [1.54, 1.807) is 11.3 Å². The third-order valence-corrected chi connectivity index (χ3v) is 6.89. The molecule has 0 spiro atoms. The van der Waals surface area contributed by atoms with Gasteiger partial charge in [-0.25, -0.2) is 9.98 Å². The van der Waals surface area contributed by atoms with Gasteiger partial charge in [-0.15, -0.1) is 11.3 Å². The number of hydrogen-bond acceptors (Lipinski definition) is 5. The minimum absolute atomic E-state index is 0.349. The molecule has 1 aromatic rings. The van der Waals surface area contributed by atoms with E-state index < -0.39 is 0 Å². The zero-order valence-electron chi connectivity index (χ0n) is 17.6. The summed E-state index contributed by atoms with van der Waals surface area (Å²) in [5.41, 5.74) is 1.42. The van der Waals surface area contributed by atoms with Crippen molar-refractivity contribution in [2.75, 3.05) is 45.9 Å². The molecule has 1 aliphatic heterocycles. The maximum Gasteiger partial charge on any atom is 0.191 e. The Morgan fingerprint density at radius 1 is 1.21 bits per heavy atom. The normalized spacial score (nSPS) is 20.9. The molecule has 1 aromatic heterocycles. The summed E-state index contributed by atoms with van der Waals surface area (Å²) in [6.07, 6.45) is 7.68. The van der Waals surface area contributed by atoms with E-state index in [0.717, 1.165) is 57.5 Å². The monoisotopic (exact) mass is 407 g/mol. The van der Waals surface area contributed by atoms with E-state index in [1.807, 2.05) is 0 Å². The van der Waals surface area contributed by atoms with Crippen molar-refractivity contribution in [1.29, 1.82) is 0 Å². The number of aliphatic imine (C=N–C) groups is 1. The molecule has 1 saturated heterocycles. The van der Waals surface area contributed by atoms with E-state index in [-0.39, 0.29) is 0 Å². The molecular weight excluding hydrogens is 370 g/mol. The molecule has 0 unspecified atom stereocenters. The van der Waals surface area contributed by atoms with Crippen molar-refractivity contribution < 1.29 is 4.74 Å². The first-order chi connectivity index (χ1) is 13.7. The summed E-state index contributed by atoms with van der Waals surface area (Å²) in [7, 11) is 0. The minimum atomic E-state index is 0.349. The van der Waals surface area contributed by atoms with Gasteiger partial charge in [0.05, 0.1) is 30.5 Å². The van der Waals surface area contributed by atoms with Crippen molar-refractivity contribution in [1.82, 2.24) is 20.5 Å². The van der Waals surface area contributed by atoms with E-state index in [1.165, 1.54) is 43.7 Å². The second-order valence-electron chi connectivity index (χ2n) is 8.08. The molecule has 2 N–H and O–H groups in total. The number of hydrogen-bond donors (Lipinski definition) is 2. The zero-order chi connectivity index (χ0) is 19.7. The van der Waals surface area contributed by atoms with Gasteiger partial charge in [-0.3, -0.25) is 4.90 Å². The van der Waals surface area contributed by atoms with Gasteiger partial charge in [0.15, 0.2) is 5.96 Å². The lowest BCUT2D eigenvalue weighted by Crippen LogP contribution is -2.51. The molecule has 2 aliphatic rings. The van der Waals surface area contributed by atoms with Crippen LogP contribution in [0.25, 0.3) is 0 Å². The van der Waals surface area contributed by atoms with Crippen LogP contribution in [0, 0.1) is 5.41 Å². The van der Waals surface area contributed by atoms with E-state index in [4.69, 9.17) is 9.73 Å². The van der Waals surface area contributed by atoms with E-state index in [0.29, 0.717) is 12.0 Å². The van der Waals surface area contributed by atoms with Crippen molar-refractivity contribution in [2.45, 2.75) is 58.9 Å². The summed E-state index contributed by atoms with van der Waals surface area (Å²) in [6.45, 7) is 11.8. The molecule has 158 valence electrons. The average Bonchev–Trinajstić information content (AvgIpc) is 3.20. The van der Waals surface area contributed by atoms with Gasteiger partial charge < -0.3 is 15.4 Å². The Kier molecular flexibility index (Phi) is 8.55. The summed E-state index contributed by atoms with van der Waals surface area (Å²) in [6, 6.07) is 0. The van der Waals surface area contributed by atoms with Crippen LogP contribution in [0.5, 0.6) is 0 Å². The van der Waals surface area contributed by atoms with E-state index >= 15 is 0 Å². The fourth-order valence-electron chi connectivity index (χ4n) is 4.28. The lowest BCUT2D eigenvalue weighted by Gasteiger charge is -2.42. The smallest absolute Gasteiger partial charge is 0.191 e. The standard InChI is InChI=1S/C21H37N5OS/c1-3-19-25-18(15-28-19)14-23-20(22-4-2)24-16-21(8-6-5-7-9-21)17-26-10-12-27-13-11-26/h15H,3-14,16-17H2,1-2H3,(H2,22,23,24). The molecule has 2 fully saturated rings. The molecule has 1 saturated carbocycles. The molecule has 1 aliphatic carbocycles. The molecule has 7 heteroatoms. The molecule has 2 heterocycles. The Morgan fingerprint density at radius 2 is 2.00 bits per heavy atom. The molecule has 0 bridgehead atoms. The summed E-state index contributed by atoms with van der Waals surface area (Å²) in [5.74, 6) is 0.917. The summed E-state index contributed by atoms with van der Waals surface area (Å²) < 4.78 is 5.54. The van der Waals surface area contributed by atoms with E-state index in [2.05, 4.69) is 39.7 Å². The van der Waals surface area contributed by atoms with Crippen LogP contribution in [0.2, 0.25) is 0 Å². The number of guanidine groups is 1. The van der Waals surface area contributed by atoms with Crippen molar-refractivity contribution in [3.63, 3.8) is 0 Å². The van der Waals surface area contributed by atoms with Crippen molar-refractivity contribution in [3.8, 4) is 0 Å². The lowest BCUT2D eigenvalue weighted by atomic mass is 9.73. The first-order valence-corrected chi connectivity index (χ1v) is 11.9. The van der Waals surface area contributed by atoms with Crippen LogP contribution < -0.4 is 10.6 Å². The molecule has 0 radical (unpaired) electrons. The maximum absolute atomic E-state index is 5.54. The number of ether oxygens (including phenoxy) is 1. The molecule has 6 nitrogen and oxygen atoms in total. The van der Waals surface area contributed by atoms with Gasteiger partial charge in [0, 0.05) is 43.5 Å².